The Morgan fingerprint density at radius 1 is 1.36 bits per heavy atom. The summed E-state index contributed by atoms with van der Waals surface area (Å²) in [6, 6.07) is 8.00. The van der Waals surface area contributed by atoms with Crippen LogP contribution in [0.1, 0.15) is 5.56 Å². The van der Waals surface area contributed by atoms with E-state index in [1.54, 1.807) is 12.1 Å². The van der Waals surface area contributed by atoms with E-state index in [4.69, 9.17) is 5.26 Å². The summed E-state index contributed by atoms with van der Waals surface area (Å²) in [6.07, 6.45) is 0.271. The fourth-order valence-corrected chi connectivity index (χ4v) is 1.62. The molecular formula is C9H9NO3S. The van der Waals surface area contributed by atoms with Crippen molar-refractivity contribution in [1.82, 2.24) is 0 Å². The Hall–Kier alpha value is -1.38. The summed E-state index contributed by atoms with van der Waals surface area (Å²) in [6.45, 7) is 0. The number of hydrogen-bond acceptors (Lipinski definition) is 4. The maximum Gasteiger partial charge on any atom is 0.296 e. The van der Waals surface area contributed by atoms with Crippen molar-refractivity contribution >= 4 is 10.1 Å². The van der Waals surface area contributed by atoms with Gasteiger partial charge in [-0.15, -0.1) is 0 Å². The van der Waals surface area contributed by atoms with E-state index in [0.29, 0.717) is 0 Å². The van der Waals surface area contributed by atoms with E-state index in [0.717, 1.165) is 12.7 Å². The lowest BCUT2D eigenvalue weighted by Crippen LogP contribution is -2.02. The molecular weight excluding hydrogens is 202 g/mol. The molecule has 0 radical (unpaired) electrons. The fourth-order valence-electron chi connectivity index (χ4n) is 0.961. The van der Waals surface area contributed by atoms with Gasteiger partial charge >= 0.3 is 0 Å². The number of nitrogens with zero attached hydrogens (tertiary/aromatic N) is 1. The van der Waals surface area contributed by atoms with Gasteiger partial charge in [0, 0.05) is 0 Å². The van der Waals surface area contributed by atoms with Crippen LogP contribution >= 0.6 is 0 Å². The largest absolute Gasteiger partial charge is 0.296 e. The summed E-state index contributed by atoms with van der Waals surface area (Å²) in [5.41, 5.74) is 0.780. The van der Waals surface area contributed by atoms with E-state index < -0.39 is 10.1 Å². The van der Waals surface area contributed by atoms with Gasteiger partial charge < -0.3 is 0 Å². The first-order valence-electron chi connectivity index (χ1n) is 3.86. The number of nitriles is 1. The zero-order chi connectivity index (χ0) is 10.6. The fraction of sp³-hybridized carbons (Fsp3) is 0.222. The molecule has 0 atom stereocenters. The van der Waals surface area contributed by atoms with E-state index in [9.17, 15) is 8.42 Å². The van der Waals surface area contributed by atoms with Crippen LogP contribution in [0.25, 0.3) is 0 Å². The second-order valence-corrected chi connectivity index (χ2v) is 4.31. The van der Waals surface area contributed by atoms with Crippen LogP contribution in [0.15, 0.2) is 29.2 Å². The van der Waals surface area contributed by atoms with Crippen molar-refractivity contribution in [3.05, 3.63) is 29.8 Å². The van der Waals surface area contributed by atoms with Crippen molar-refractivity contribution in [2.75, 3.05) is 7.11 Å². The molecule has 1 aromatic carbocycles. The third-order valence-corrected chi connectivity index (χ3v) is 3.00. The molecule has 0 fully saturated rings. The highest BCUT2D eigenvalue weighted by atomic mass is 32.2. The monoisotopic (exact) mass is 211 g/mol. The molecule has 0 aliphatic carbocycles. The summed E-state index contributed by atoms with van der Waals surface area (Å²) in [7, 11) is -2.50. The predicted octanol–water partition coefficient (Wildman–Crippen LogP) is 1.09. The molecule has 0 aliphatic rings. The quantitative estimate of drug-likeness (QED) is 0.702. The first-order chi connectivity index (χ1) is 6.60. The lowest BCUT2D eigenvalue weighted by Gasteiger charge is -2.01. The molecule has 0 saturated heterocycles. The van der Waals surface area contributed by atoms with Gasteiger partial charge in [0.25, 0.3) is 10.1 Å². The third kappa shape index (κ3) is 2.31. The van der Waals surface area contributed by atoms with E-state index in [-0.39, 0.29) is 11.3 Å². The van der Waals surface area contributed by atoms with E-state index >= 15 is 0 Å². The topological polar surface area (TPSA) is 67.2 Å². The Morgan fingerprint density at radius 2 is 1.93 bits per heavy atom. The first-order valence-corrected chi connectivity index (χ1v) is 5.27. The average Bonchev–Trinajstić information content (AvgIpc) is 2.19. The molecule has 0 amide bonds. The van der Waals surface area contributed by atoms with E-state index in [1.807, 2.05) is 6.07 Å². The average molecular weight is 211 g/mol. The molecule has 0 aromatic heterocycles. The summed E-state index contributed by atoms with van der Waals surface area (Å²) in [5, 5.41) is 8.40. The minimum atomic E-state index is -3.61. The molecule has 1 rings (SSSR count). The van der Waals surface area contributed by atoms with Crippen LogP contribution in [0.3, 0.4) is 0 Å². The molecule has 0 spiro atoms. The standard InChI is InChI=1S/C9H9NO3S/c1-13-14(11,12)9-4-2-8(3-5-9)6-7-10/h2-5H,6H2,1H3. The molecule has 74 valence electrons. The van der Waals surface area contributed by atoms with Gasteiger partial charge in [-0.3, -0.25) is 4.18 Å². The van der Waals surface area contributed by atoms with Crippen LogP contribution in [-0.2, 0) is 20.7 Å². The molecule has 4 nitrogen and oxygen atoms in total. The lowest BCUT2D eigenvalue weighted by atomic mass is 10.2. The highest BCUT2D eigenvalue weighted by molar-refractivity contribution is 7.86. The van der Waals surface area contributed by atoms with Gasteiger partial charge in [0.15, 0.2) is 0 Å². The van der Waals surface area contributed by atoms with Crippen molar-refractivity contribution < 1.29 is 12.6 Å². The van der Waals surface area contributed by atoms with Gasteiger partial charge in [0.2, 0.25) is 0 Å². The molecule has 0 bridgehead atoms. The Morgan fingerprint density at radius 3 is 2.36 bits per heavy atom. The molecule has 0 saturated carbocycles. The Balaban J connectivity index is 3.01. The van der Waals surface area contributed by atoms with Crippen LogP contribution < -0.4 is 0 Å². The smallest absolute Gasteiger partial charge is 0.270 e. The van der Waals surface area contributed by atoms with Crippen molar-refractivity contribution in [2.45, 2.75) is 11.3 Å². The number of rotatable bonds is 3. The van der Waals surface area contributed by atoms with Crippen LogP contribution in [0, 0.1) is 11.3 Å². The normalized spacial score (nSPS) is 10.9. The van der Waals surface area contributed by atoms with Gasteiger partial charge in [-0.05, 0) is 17.7 Å². The van der Waals surface area contributed by atoms with Gasteiger partial charge in [0.05, 0.1) is 24.5 Å². The SMILES string of the molecule is COS(=O)(=O)c1ccc(CC#N)cc1. The minimum absolute atomic E-state index is 0.0988. The van der Waals surface area contributed by atoms with Gasteiger partial charge in [-0.2, -0.15) is 13.7 Å². The maximum atomic E-state index is 11.2. The highest BCUT2D eigenvalue weighted by Gasteiger charge is 2.11. The van der Waals surface area contributed by atoms with Gasteiger partial charge in [0.1, 0.15) is 0 Å². The molecule has 1 aromatic rings. The van der Waals surface area contributed by atoms with Crippen LogP contribution in [0.5, 0.6) is 0 Å². The Labute approximate surface area is 82.9 Å². The van der Waals surface area contributed by atoms with Crippen LogP contribution in [0.2, 0.25) is 0 Å². The molecule has 0 aliphatic heterocycles. The van der Waals surface area contributed by atoms with Gasteiger partial charge in [-0.1, -0.05) is 12.1 Å². The minimum Gasteiger partial charge on any atom is -0.270 e. The zero-order valence-corrected chi connectivity index (χ0v) is 8.41. The summed E-state index contributed by atoms with van der Waals surface area (Å²) >= 11 is 0. The van der Waals surface area contributed by atoms with Crippen molar-refractivity contribution in [3.63, 3.8) is 0 Å². The predicted molar refractivity (Wildman–Crippen MR) is 50.0 cm³/mol. The third-order valence-electron chi connectivity index (χ3n) is 1.71. The van der Waals surface area contributed by atoms with E-state index in [1.165, 1.54) is 12.1 Å². The Kier molecular flexibility index (Phi) is 3.23. The number of hydrogen-bond donors (Lipinski definition) is 0. The second kappa shape index (κ2) is 4.22. The Bertz CT molecular complexity index is 442. The molecule has 5 heteroatoms. The number of benzene rings is 1. The maximum absolute atomic E-state index is 11.2. The van der Waals surface area contributed by atoms with Crippen LogP contribution in [0.4, 0.5) is 0 Å². The molecule has 14 heavy (non-hydrogen) atoms. The zero-order valence-electron chi connectivity index (χ0n) is 7.60. The molecule has 0 unspecified atom stereocenters. The summed E-state index contributed by atoms with van der Waals surface area (Å²) < 4.78 is 26.7. The van der Waals surface area contributed by atoms with Gasteiger partial charge in [-0.25, -0.2) is 0 Å². The second-order valence-electron chi connectivity index (χ2n) is 2.60. The summed E-state index contributed by atoms with van der Waals surface area (Å²) in [5.74, 6) is 0. The molecule has 0 N–H and O–H groups in total. The molecule has 0 heterocycles. The van der Waals surface area contributed by atoms with E-state index in [2.05, 4.69) is 4.18 Å². The van der Waals surface area contributed by atoms with Crippen molar-refractivity contribution in [1.29, 1.82) is 5.26 Å². The lowest BCUT2D eigenvalue weighted by molar-refractivity contribution is 0.398. The van der Waals surface area contributed by atoms with Crippen molar-refractivity contribution in [2.24, 2.45) is 0 Å². The summed E-state index contributed by atoms with van der Waals surface area (Å²) in [4.78, 5) is 0.0988. The van der Waals surface area contributed by atoms with Crippen molar-refractivity contribution in [3.8, 4) is 6.07 Å². The van der Waals surface area contributed by atoms with Crippen LogP contribution in [-0.4, -0.2) is 15.5 Å². The highest BCUT2D eigenvalue weighted by Crippen LogP contribution is 2.12. The first kappa shape index (κ1) is 10.7.